The summed E-state index contributed by atoms with van der Waals surface area (Å²) in [5.74, 6) is -0.621. The lowest BCUT2D eigenvalue weighted by Gasteiger charge is -2.56. The number of carbonyl (C=O) groups excluding carboxylic acids is 3. The fraction of sp³-hybridized carbons (Fsp3) is 0.550. The third-order valence-corrected chi connectivity index (χ3v) is 6.84. The summed E-state index contributed by atoms with van der Waals surface area (Å²) in [5.41, 5.74) is -0.483. The van der Waals surface area contributed by atoms with Crippen molar-refractivity contribution in [3.63, 3.8) is 0 Å². The maximum absolute atomic E-state index is 13.5. The van der Waals surface area contributed by atoms with Crippen LogP contribution in [-0.2, 0) is 9.53 Å². The molecule has 0 saturated heterocycles. The molecule has 4 saturated carbocycles. The van der Waals surface area contributed by atoms with Crippen LogP contribution in [-0.4, -0.2) is 30.1 Å². The fourth-order valence-corrected chi connectivity index (χ4v) is 6.05. The molecule has 156 valence electrons. The van der Waals surface area contributed by atoms with Crippen molar-refractivity contribution in [2.24, 2.45) is 17.8 Å². The Morgan fingerprint density at radius 2 is 1.62 bits per heavy atom. The average molecular weight is 443 g/mol. The van der Waals surface area contributed by atoms with E-state index in [9.17, 15) is 18.8 Å². The van der Waals surface area contributed by atoms with Gasteiger partial charge in [0.05, 0.1) is 15.6 Å². The van der Waals surface area contributed by atoms with Gasteiger partial charge in [0.25, 0.3) is 5.91 Å². The lowest BCUT2D eigenvalue weighted by Crippen LogP contribution is -2.62. The van der Waals surface area contributed by atoms with Crippen LogP contribution in [0, 0.1) is 23.6 Å². The molecule has 0 aliphatic heterocycles. The van der Waals surface area contributed by atoms with E-state index in [0.29, 0.717) is 17.8 Å². The third kappa shape index (κ3) is 4.36. The molecule has 0 aromatic heterocycles. The van der Waals surface area contributed by atoms with Gasteiger partial charge in [-0.2, -0.15) is 0 Å². The number of rotatable bonds is 4. The molecule has 4 bridgehead atoms. The first kappa shape index (κ1) is 20.4. The van der Waals surface area contributed by atoms with Gasteiger partial charge in [-0.25, -0.2) is 14.0 Å². The molecule has 0 unspecified atom stereocenters. The van der Waals surface area contributed by atoms with Gasteiger partial charge < -0.3 is 10.1 Å². The molecule has 3 amide bonds. The summed E-state index contributed by atoms with van der Waals surface area (Å²) in [4.78, 5) is 36.3. The molecule has 5 rings (SSSR count). The molecule has 4 fully saturated rings. The zero-order valence-corrected chi connectivity index (χ0v) is 17.1. The minimum absolute atomic E-state index is 0.0960. The number of esters is 1. The van der Waals surface area contributed by atoms with Gasteiger partial charge in [-0.1, -0.05) is 23.2 Å². The molecule has 4 aliphatic rings. The maximum Gasteiger partial charge on any atom is 0.340 e. The summed E-state index contributed by atoms with van der Waals surface area (Å²) < 4.78 is 18.4. The van der Waals surface area contributed by atoms with Crippen molar-refractivity contribution in [2.45, 2.75) is 44.1 Å². The van der Waals surface area contributed by atoms with Crippen LogP contribution in [0.1, 0.15) is 48.9 Å². The van der Waals surface area contributed by atoms with Crippen molar-refractivity contribution in [3.8, 4) is 0 Å². The highest BCUT2D eigenvalue weighted by molar-refractivity contribution is 6.36. The molecule has 6 nitrogen and oxygen atoms in total. The number of ether oxygens (including phenoxy) is 1. The quantitative estimate of drug-likeness (QED) is 0.543. The number of nitrogens with one attached hydrogen (secondary N) is 2. The number of imide groups is 1. The Labute approximate surface area is 177 Å². The van der Waals surface area contributed by atoms with E-state index in [0.717, 1.165) is 31.4 Å². The van der Waals surface area contributed by atoms with Gasteiger partial charge in [0.2, 0.25) is 0 Å². The van der Waals surface area contributed by atoms with E-state index >= 15 is 0 Å². The molecule has 1 aromatic carbocycles. The summed E-state index contributed by atoms with van der Waals surface area (Å²) in [5, 5.41) is 4.88. The predicted octanol–water partition coefficient (Wildman–Crippen LogP) is 4.08. The third-order valence-electron chi connectivity index (χ3n) is 6.23. The molecular weight excluding hydrogens is 422 g/mol. The van der Waals surface area contributed by atoms with E-state index in [1.165, 1.54) is 19.3 Å². The zero-order valence-electron chi connectivity index (χ0n) is 15.6. The van der Waals surface area contributed by atoms with Crippen molar-refractivity contribution in [1.29, 1.82) is 0 Å². The van der Waals surface area contributed by atoms with Gasteiger partial charge in [-0.05, 0) is 68.4 Å². The first-order valence-electron chi connectivity index (χ1n) is 9.67. The van der Waals surface area contributed by atoms with E-state index in [-0.39, 0.29) is 21.1 Å². The van der Waals surface area contributed by atoms with Gasteiger partial charge in [-0.15, -0.1) is 0 Å². The van der Waals surface area contributed by atoms with Crippen molar-refractivity contribution in [3.05, 3.63) is 33.6 Å². The summed E-state index contributed by atoms with van der Waals surface area (Å²) >= 11 is 11.4. The number of benzene rings is 1. The number of hydrogen-bond acceptors (Lipinski definition) is 4. The standard InChI is InChI=1S/C20H21Cl2FN2O4/c21-14-5-15(22)16(23)4-13(14)18(27)29-9-17(26)24-19(28)25-20-6-10-1-11(7-20)3-12(2-10)8-20/h4-5,10-12H,1-3,6-9H2,(H2,24,25,26,28). The first-order chi connectivity index (χ1) is 13.7. The van der Waals surface area contributed by atoms with E-state index in [2.05, 4.69) is 10.6 Å². The highest BCUT2D eigenvalue weighted by Gasteiger charge is 2.51. The molecule has 0 atom stereocenters. The summed E-state index contributed by atoms with van der Waals surface area (Å²) in [6, 6.07) is 1.34. The number of carbonyl (C=O) groups is 3. The number of urea groups is 1. The molecule has 2 N–H and O–H groups in total. The monoisotopic (exact) mass is 442 g/mol. The Morgan fingerprint density at radius 3 is 2.21 bits per heavy atom. The second-order valence-electron chi connectivity index (χ2n) is 8.52. The number of hydrogen-bond donors (Lipinski definition) is 2. The van der Waals surface area contributed by atoms with Crippen LogP contribution < -0.4 is 10.6 Å². The molecule has 9 heteroatoms. The Hall–Kier alpha value is -1.86. The molecule has 29 heavy (non-hydrogen) atoms. The summed E-state index contributed by atoms with van der Waals surface area (Å²) in [7, 11) is 0. The number of amides is 3. The largest absolute Gasteiger partial charge is 0.452 e. The predicted molar refractivity (Wildman–Crippen MR) is 104 cm³/mol. The minimum Gasteiger partial charge on any atom is -0.452 e. The van der Waals surface area contributed by atoms with Crippen LogP contribution in [0.25, 0.3) is 0 Å². The Morgan fingerprint density at radius 1 is 1.03 bits per heavy atom. The smallest absolute Gasteiger partial charge is 0.340 e. The number of halogens is 3. The topological polar surface area (TPSA) is 84.5 Å². The molecular formula is C20H21Cl2FN2O4. The average Bonchev–Trinajstić information content (AvgIpc) is 2.61. The molecule has 4 aliphatic carbocycles. The molecule has 0 heterocycles. The van der Waals surface area contributed by atoms with Crippen molar-refractivity contribution in [2.75, 3.05) is 6.61 Å². The normalized spacial score (nSPS) is 29.4. The highest BCUT2D eigenvalue weighted by atomic mass is 35.5. The van der Waals surface area contributed by atoms with E-state index in [1.807, 2.05) is 0 Å². The van der Waals surface area contributed by atoms with Gasteiger partial charge >= 0.3 is 12.0 Å². The molecule has 0 spiro atoms. The van der Waals surface area contributed by atoms with Crippen LogP contribution in [0.4, 0.5) is 9.18 Å². The Bertz CT molecular complexity index is 841. The van der Waals surface area contributed by atoms with Crippen molar-refractivity contribution >= 4 is 41.1 Å². The first-order valence-corrected chi connectivity index (χ1v) is 10.4. The second-order valence-corrected chi connectivity index (χ2v) is 9.34. The second kappa shape index (κ2) is 7.76. The van der Waals surface area contributed by atoms with Gasteiger partial charge in [0, 0.05) is 5.54 Å². The van der Waals surface area contributed by atoms with Crippen LogP contribution in [0.2, 0.25) is 10.0 Å². The van der Waals surface area contributed by atoms with Gasteiger partial charge in [0.15, 0.2) is 6.61 Å². The Kier molecular flexibility index (Phi) is 5.46. The SMILES string of the molecule is O=C(COC(=O)c1cc(F)c(Cl)cc1Cl)NC(=O)NC12CC3CC(CC(C3)C1)C2. The van der Waals surface area contributed by atoms with Gasteiger partial charge in [0.1, 0.15) is 5.82 Å². The van der Waals surface area contributed by atoms with E-state index < -0.39 is 30.3 Å². The lowest BCUT2D eigenvalue weighted by atomic mass is 9.53. The zero-order chi connectivity index (χ0) is 20.8. The van der Waals surface area contributed by atoms with Gasteiger partial charge in [-0.3, -0.25) is 10.1 Å². The van der Waals surface area contributed by atoms with E-state index in [1.54, 1.807) is 0 Å². The maximum atomic E-state index is 13.5. The fourth-order valence-electron chi connectivity index (χ4n) is 5.59. The molecule has 1 aromatic rings. The summed E-state index contributed by atoms with van der Waals surface area (Å²) in [6.45, 7) is -0.687. The summed E-state index contributed by atoms with van der Waals surface area (Å²) in [6.07, 6.45) is 6.59. The van der Waals surface area contributed by atoms with Crippen molar-refractivity contribution < 1.29 is 23.5 Å². The van der Waals surface area contributed by atoms with Crippen LogP contribution in [0.15, 0.2) is 12.1 Å². The minimum atomic E-state index is -0.984. The van der Waals surface area contributed by atoms with Crippen LogP contribution >= 0.6 is 23.2 Å². The lowest BCUT2D eigenvalue weighted by molar-refractivity contribution is -0.123. The Balaban J connectivity index is 1.28. The van der Waals surface area contributed by atoms with Crippen LogP contribution in [0.5, 0.6) is 0 Å². The van der Waals surface area contributed by atoms with Crippen molar-refractivity contribution in [1.82, 2.24) is 10.6 Å². The highest BCUT2D eigenvalue weighted by Crippen LogP contribution is 2.55. The molecule has 0 radical (unpaired) electrons. The van der Waals surface area contributed by atoms with E-state index in [4.69, 9.17) is 27.9 Å². The van der Waals surface area contributed by atoms with Crippen LogP contribution in [0.3, 0.4) is 0 Å².